The lowest BCUT2D eigenvalue weighted by Crippen LogP contribution is -2.23. The first-order chi connectivity index (χ1) is 18.4. The van der Waals surface area contributed by atoms with Crippen LogP contribution >= 0.6 is 11.8 Å². The van der Waals surface area contributed by atoms with Crippen molar-refractivity contribution in [3.8, 4) is 28.6 Å². The van der Waals surface area contributed by atoms with E-state index in [1.165, 1.54) is 35.3 Å². The Balaban J connectivity index is 1.25. The van der Waals surface area contributed by atoms with Crippen molar-refractivity contribution >= 4 is 28.8 Å². The molecule has 0 N–H and O–H groups in total. The Kier molecular flexibility index (Phi) is 7.31. The first-order valence-electron chi connectivity index (χ1n) is 11.4. The van der Waals surface area contributed by atoms with Gasteiger partial charge in [-0.15, -0.1) is 23.4 Å². The van der Waals surface area contributed by atoms with Crippen molar-refractivity contribution < 1.29 is 22.6 Å². The molecule has 3 aromatic carbocycles. The van der Waals surface area contributed by atoms with Crippen LogP contribution in [0.4, 0.5) is 18.9 Å². The Bertz CT molecular complexity index is 1450. The summed E-state index contributed by atoms with van der Waals surface area (Å²) in [7, 11) is 1.65. The van der Waals surface area contributed by atoms with Gasteiger partial charge in [0.1, 0.15) is 17.8 Å². The van der Waals surface area contributed by atoms with Crippen LogP contribution in [0.2, 0.25) is 0 Å². The van der Waals surface area contributed by atoms with Crippen molar-refractivity contribution in [1.82, 2.24) is 14.8 Å². The van der Waals surface area contributed by atoms with Gasteiger partial charge in [0, 0.05) is 17.9 Å². The molecule has 1 aliphatic heterocycles. The molecule has 1 fully saturated rings. The summed E-state index contributed by atoms with van der Waals surface area (Å²) in [6.07, 6.45) is -1.57. The van der Waals surface area contributed by atoms with Crippen LogP contribution in [0, 0.1) is 0 Å². The summed E-state index contributed by atoms with van der Waals surface area (Å²) in [5, 5.41) is 13.9. The molecule has 0 unspecified atom stereocenters. The van der Waals surface area contributed by atoms with E-state index in [9.17, 15) is 13.2 Å². The fraction of sp³-hybridized carbons (Fsp3) is 0.154. The van der Waals surface area contributed by atoms with Gasteiger partial charge >= 0.3 is 6.36 Å². The molecule has 0 aliphatic carbocycles. The number of halogens is 3. The van der Waals surface area contributed by atoms with E-state index >= 15 is 0 Å². The van der Waals surface area contributed by atoms with E-state index in [0.717, 1.165) is 40.0 Å². The molecule has 8 nitrogen and oxygen atoms in total. The normalized spacial score (nSPS) is 14.9. The van der Waals surface area contributed by atoms with Gasteiger partial charge in [-0.1, -0.05) is 48.2 Å². The predicted molar refractivity (Wildman–Crippen MR) is 141 cm³/mol. The molecule has 0 spiro atoms. The predicted octanol–water partition coefficient (Wildman–Crippen LogP) is 5.78. The average molecular weight is 539 g/mol. The monoisotopic (exact) mass is 538 g/mol. The van der Waals surface area contributed by atoms with E-state index in [0.29, 0.717) is 11.5 Å². The average Bonchev–Trinajstić information content (AvgIpc) is 3.59. The second kappa shape index (κ2) is 11.0. The maximum Gasteiger partial charge on any atom is 0.573 e. The Morgan fingerprint density at radius 2 is 1.76 bits per heavy atom. The van der Waals surface area contributed by atoms with Crippen molar-refractivity contribution in [1.29, 1.82) is 0 Å². The van der Waals surface area contributed by atoms with E-state index in [1.807, 2.05) is 48.5 Å². The molecule has 4 aromatic rings. The van der Waals surface area contributed by atoms with Crippen LogP contribution in [0.1, 0.15) is 5.56 Å². The van der Waals surface area contributed by atoms with Gasteiger partial charge in [0.2, 0.25) is 0 Å². The summed E-state index contributed by atoms with van der Waals surface area (Å²) in [6, 6.07) is 20.7. The lowest BCUT2D eigenvalue weighted by atomic mass is 10.1. The number of anilines is 1. The van der Waals surface area contributed by atoms with Crippen LogP contribution in [-0.4, -0.2) is 51.9 Å². The second-order valence-corrected chi connectivity index (χ2v) is 9.04. The highest BCUT2D eigenvalue weighted by Gasteiger charge is 2.31. The lowest BCUT2D eigenvalue weighted by molar-refractivity contribution is -0.274. The van der Waals surface area contributed by atoms with Crippen LogP contribution in [0.15, 0.2) is 89.3 Å². The van der Waals surface area contributed by atoms with Crippen molar-refractivity contribution in [2.75, 3.05) is 24.3 Å². The van der Waals surface area contributed by atoms with E-state index in [1.54, 1.807) is 25.1 Å². The van der Waals surface area contributed by atoms with Gasteiger partial charge in [-0.05, 0) is 42.0 Å². The van der Waals surface area contributed by atoms with Crippen LogP contribution in [-0.2, 0) is 0 Å². The molecule has 5 rings (SSSR count). The minimum Gasteiger partial charge on any atom is -0.495 e. The topological polar surface area (TPSA) is 77.1 Å². The Hall–Kier alpha value is -4.32. The van der Waals surface area contributed by atoms with E-state index in [2.05, 4.69) is 29.9 Å². The molecule has 12 heteroatoms. The van der Waals surface area contributed by atoms with Crippen LogP contribution < -0.4 is 14.4 Å². The Morgan fingerprint density at radius 1 is 1.00 bits per heavy atom. The summed E-state index contributed by atoms with van der Waals surface area (Å²) >= 11 is 1.63. The molecule has 0 bridgehead atoms. The van der Waals surface area contributed by atoms with Crippen molar-refractivity contribution in [2.45, 2.75) is 6.36 Å². The highest BCUT2D eigenvalue weighted by Crippen LogP contribution is 2.33. The fourth-order valence-corrected chi connectivity index (χ4v) is 4.65. The zero-order valence-electron chi connectivity index (χ0n) is 20.0. The Morgan fingerprint density at radius 3 is 2.50 bits per heavy atom. The number of hydrogen-bond acceptors (Lipinski definition) is 7. The molecule has 0 saturated carbocycles. The number of amidine groups is 1. The van der Waals surface area contributed by atoms with Crippen LogP contribution in [0.25, 0.3) is 17.1 Å². The first kappa shape index (κ1) is 25.3. The number of alkyl halides is 3. The molecule has 1 aromatic heterocycles. The SMILES string of the molecule is COc1ccccc1N1CCS/C1=N\N=C\c1ccc(-c2ncn(-c3ccc(OC(F)(F)F)cc3)n2)cc1. The molecule has 1 saturated heterocycles. The number of rotatable bonds is 7. The third-order valence-electron chi connectivity index (χ3n) is 5.50. The van der Waals surface area contributed by atoms with Crippen molar-refractivity contribution in [2.24, 2.45) is 10.2 Å². The number of methoxy groups -OCH3 is 1. The summed E-state index contributed by atoms with van der Waals surface area (Å²) < 4.78 is 47.9. The minimum atomic E-state index is -4.74. The third-order valence-corrected chi connectivity index (χ3v) is 6.45. The zero-order valence-corrected chi connectivity index (χ0v) is 20.9. The zero-order chi connectivity index (χ0) is 26.5. The number of benzene rings is 3. The van der Waals surface area contributed by atoms with E-state index in [-0.39, 0.29) is 5.75 Å². The lowest BCUT2D eigenvalue weighted by Gasteiger charge is -2.19. The number of ether oxygens (including phenoxy) is 2. The number of para-hydroxylation sites is 2. The molecule has 0 amide bonds. The molecule has 194 valence electrons. The van der Waals surface area contributed by atoms with E-state index < -0.39 is 6.36 Å². The number of aromatic nitrogens is 3. The van der Waals surface area contributed by atoms with Gasteiger partial charge in [0.15, 0.2) is 11.0 Å². The van der Waals surface area contributed by atoms with Crippen LogP contribution in [0.5, 0.6) is 11.5 Å². The molecule has 38 heavy (non-hydrogen) atoms. The third kappa shape index (κ3) is 5.97. The summed E-state index contributed by atoms with van der Waals surface area (Å²) in [4.78, 5) is 6.39. The number of thioether (sulfide) groups is 1. The number of hydrogen-bond donors (Lipinski definition) is 0. The van der Waals surface area contributed by atoms with Gasteiger partial charge in [-0.3, -0.25) is 0 Å². The van der Waals surface area contributed by atoms with Gasteiger partial charge < -0.3 is 14.4 Å². The summed E-state index contributed by atoms with van der Waals surface area (Å²) in [5.74, 6) is 1.86. The fourth-order valence-electron chi connectivity index (χ4n) is 3.74. The maximum absolute atomic E-state index is 12.4. The van der Waals surface area contributed by atoms with Gasteiger partial charge in [0.25, 0.3) is 0 Å². The smallest absolute Gasteiger partial charge is 0.495 e. The van der Waals surface area contributed by atoms with E-state index in [4.69, 9.17) is 4.74 Å². The van der Waals surface area contributed by atoms with Crippen molar-refractivity contribution in [3.63, 3.8) is 0 Å². The van der Waals surface area contributed by atoms with Crippen molar-refractivity contribution in [3.05, 3.63) is 84.7 Å². The van der Waals surface area contributed by atoms with Gasteiger partial charge in [-0.2, -0.15) is 5.10 Å². The van der Waals surface area contributed by atoms with Gasteiger partial charge in [-0.25, -0.2) is 9.67 Å². The second-order valence-electron chi connectivity index (χ2n) is 7.98. The molecule has 1 aliphatic rings. The first-order valence-corrected chi connectivity index (χ1v) is 12.4. The Labute approximate surface area is 220 Å². The largest absolute Gasteiger partial charge is 0.573 e. The highest BCUT2D eigenvalue weighted by atomic mass is 32.2. The molecule has 0 radical (unpaired) electrons. The standard InChI is InChI=1S/C26H21F3N6O2S/c1-36-23-5-3-2-4-22(23)34-14-15-38-25(34)32-31-16-18-6-8-19(9-7-18)24-30-17-35(33-24)20-10-12-21(13-11-20)37-26(27,28)29/h2-13,16-17H,14-15H2,1H3/b31-16+,32-25-. The summed E-state index contributed by atoms with van der Waals surface area (Å²) in [5.41, 5.74) is 3.13. The minimum absolute atomic E-state index is 0.303. The molecular formula is C26H21F3N6O2S. The maximum atomic E-state index is 12.4. The summed E-state index contributed by atoms with van der Waals surface area (Å²) in [6.45, 7) is 0.819. The quantitative estimate of drug-likeness (QED) is 0.219. The molecule has 0 atom stereocenters. The molecular weight excluding hydrogens is 517 g/mol. The number of nitrogens with zero attached hydrogens (tertiary/aromatic N) is 6. The molecule has 2 heterocycles. The highest BCUT2D eigenvalue weighted by molar-refractivity contribution is 8.14. The van der Waals surface area contributed by atoms with Crippen LogP contribution in [0.3, 0.4) is 0 Å². The van der Waals surface area contributed by atoms with Gasteiger partial charge in [0.05, 0.1) is 24.7 Å².